The molecular formula is C13H12N3O. The highest BCUT2D eigenvalue weighted by Crippen LogP contribution is 2.23. The lowest BCUT2D eigenvalue weighted by atomic mass is 10.0. The topological polar surface area (TPSA) is 54.4 Å². The molecule has 1 saturated carbocycles. The minimum absolute atomic E-state index is 0.238. The summed E-state index contributed by atoms with van der Waals surface area (Å²) in [5.41, 5.74) is 3.82. The molecule has 0 aromatic carbocycles. The van der Waals surface area contributed by atoms with E-state index in [4.69, 9.17) is 0 Å². The van der Waals surface area contributed by atoms with Gasteiger partial charge in [0.1, 0.15) is 0 Å². The molecule has 2 rings (SSSR count). The molecule has 5 radical (unpaired) electrons. The van der Waals surface area contributed by atoms with Crippen molar-refractivity contribution in [2.75, 3.05) is 0 Å². The Labute approximate surface area is 101 Å². The number of nitrogens with one attached hydrogen (secondary N) is 1. The van der Waals surface area contributed by atoms with Crippen LogP contribution in [0.4, 0.5) is 0 Å². The number of pyridine rings is 1. The Morgan fingerprint density at radius 3 is 2.53 bits per heavy atom. The molecule has 1 aliphatic carbocycles. The number of carbonyl (C=O) groups is 1. The van der Waals surface area contributed by atoms with E-state index in [0.717, 1.165) is 11.6 Å². The first-order valence-electron chi connectivity index (χ1n) is 5.24. The van der Waals surface area contributed by atoms with Crippen molar-refractivity contribution in [1.82, 2.24) is 10.4 Å². The summed E-state index contributed by atoms with van der Waals surface area (Å²) >= 11 is 0. The van der Waals surface area contributed by atoms with Crippen LogP contribution in [0, 0.1) is 31.6 Å². The molecule has 1 aromatic rings. The third-order valence-corrected chi connectivity index (χ3v) is 2.35. The van der Waals surface area contributed by atoms with Crippen molar-refractivity contribution in [1.29, 1.82) is 0 Å². The number of aromatic nitrogens is 1. The number of amides is 1. The molecule has 17 heavy (non-hydrogen) atoms. The predicted octanol–water partition coefficient (Wildman–Crippen LogP) is 1.59. The predicted molar refractivity (Wildman–Crippen MR) is 65.3 cm³/mol. The molecule has 85 valence electrons. The highest BCUT2D eigenvalue weighted by atomic mass is 16.2. The van der Waals surface area contributed by atoms with Gasteiger partial charge in [0.15, 0.2) is 0 Å². The second-order valence-corrected chi connectivity index (χ2v) is 3.55. The quantitative estimate of drug-likeness (QED) is 0.628. The maximum Gasteiger partial charge on any atom is 0.271 e. The first kappa shape index (κ1) is 11.8. The van der Waals surface area contributed by atoms with Crippen LogP contribution in [0.25, 0.3) is 0 Å². The zero-order valence-electron chi connectivity index (χ0n) is 9.42. The smallest absolute Gasteiger partial charge is 0.267 e. The third kappa shape index (κ3) is 3.12. The molecule has 0 spiro atoms. The van der Waals surface area contributed by atoms with E-state index < -0.39 is 0 Å². The van der Waals surface area contributed by atoms with Crippen molar-refractivity contribution in [3.8, 4) is 0 Å². The van der Waals surface area contributed by atoms with Crippen LogP contribution in [0.1, 0.15) is 17.3 Å². The van der Waals surface area contributed by atoms with Gasteiger partial charge in [-0.15, -0.1) is 0 Å². The van der Waals surface area contributed by atoms with Crippen LogP contribution in [-0.2, 0) is 0 Å². The van der Waals surface area contributed by atoms with E-state index in [1.165, 1.54) is 0 Å². The van der Waals surface area contributed by atoms with Crippen LogP contribution in [0.15, 0.2) is 29.6 Å². The Morgan fingerprint density at radius 1 is 1.24 bits per heavy atom. The summed E-state index contributed by atoms with van der Waals surface area (Å²) in [5, 5.41) is 4.04. The Kier molecular flexibility index (Phi) is 3.85. The summed E-state index contributed by atoms with van der Waals surface area (Å²) in [6, 6.07) is 3.28. The van der Waals surface area contributed by atoms with Gasteiger partial charge in [0.2, 0.25) is 0 Å². The van der Waals surface area contributed by atoms with E-state index in [0.29, 0.717) is 5.56 Å². The molecule has 0 aliphatic heterocycles. The largest absolute Gasteiger partial charge is 0.271 e. The minimum Gasteiger partial charge on any atom is -0.267 e. The fourth-order valence-corrected chi connectivity index (χ4v) is 1.38. The Hall–Kier alpha value is -1.71. The molecule has 1 aliphatic rings. The molecule has 1 heterocycles. The second kappa shape index (κ2) is 5.57. The molecule has 4 nitrogen and oxygen atoms in total. The fourth-order valence-electron chi connectivity index (χ4n) is 1.38. The lowest BCUT2D eigenvalue weighted by Gasteiger charge is -2.07. The molecule has 1 N–H and O–H groups in total. The van der Waals surface area contributed by atoms with Crippen molar-refractivity contribution in [3.63, 3.8) is 0 Å². The lowest BCUT2D eigenvalue weighted by Crippen LogP contribution is -2.20. The summed E-state index contributed by atoms with van der Waals surface area (Å²) in [6.45, 7) is 1.85. The van der Waals surface area contributed by atoms with Crippen molar-refractivity contribution in [3.05, 3.63) is 61.7 Å². The fraction of sp³-hybridized carbons (Fsp3) is 0.0769. The number of nitrogens with zero attached hydrogens (tertiary/aromatic N) is 2. The summed E-state index contributed by atoms with van der Waals surface area (Å²) in [4.78, 5) is 15.5. The van der Waals surface area contributed by atoms with Gasteiger partial charge in [-0.25, -0.2) is 5.43 Å². The van der Waals surface area contributed by atoms with Crippen LogP contribution in [0.5, 0.6) is 0 Å². The average molecular weight is 226 g/mol. The van der Waals surface area contributed by atoms with Crippen molar-refractivity contribution >= 4 is 11.6 Å². The van der Waals surface area contributed by atoms with Crippen LogP contribution in [0.3, 0.4) is 0 Å². The van der Waals surface area contributed by atoms with E-state index in [9.17, 15) is 4.79 Å². The molecule has 0 bridgehead atoms. The maximum atomic E-state index is 11.7. The highest BCUT2D eigenvalue weighted by Gasteiger charge is 2.19. The molecule has 1 fully saturated rings. The average Bonchev–Trinajstić information content (AvgIpc) is 2.90. The van der Waals surface area contributed by atoms with Gasteiger partial charge in [-0.1, -0.05) is 0 Å². The second-order valence-electron chi connectivity index (χ2n) is 3.55. The van der Waals surface area contributed by atoms with Gasteiger partial charge < -0.3 is 0 Å². The van der Waals surface area contributed by atoms with Gasteiger partial charge in [-0.2, -0.15) is 5.10 Å². The van der Waals surface area contributed by atoms with Crippen LogP contribution in [-0.4, -0.2) is 16.6 Å². The Bertz CT molecular complexity index is 408. The number of hydrogen-bond acceptors (Lipinski definition) is 3. The molecule has 0 saturated heterocycles. The van der Waals surface area contributed by atoms with Crippen molar-refractivity contribution < 1.29 is 4.79 Å². The maximum absolute atomic E-state index is 11.7. The first-order chi connectivity index (χ1) is 8.27. The molecule has 1 amide bonds. The standard InChI is InChI=1S/C13H12N3O/c1-10(11-4-2-3-5-11)15-16-13(17)12-6-8-14-9-7-12/h2-9H,1H3,(H,16,17)/b15-10+. The van der Waals surface area contributed by atoms with Crippen LogP contribution >= 0.6 is 0 Å². The number of carbonyl (C=O) groups excluding carboxylic acids is 1. The van der Waals surface area contributed by atoms with Crippen molar-refractivity contribution in [2.24, 2.45) is 5.10 Å². The van der Waals surface area contributed by atoms with Crippen molar-refractivity contribution in [2.45, 2.75) is 6.92 Å². The van der Waals surface area contributed by atoms with E-state index in [1.54, 1.807) is 24.5 Å². The van der Waals surface area contributed by atoms with Gasteiger partial charge in [-0.3, -0.25) is 9.78 Å². The summed E-state index contributed by atoms with van der Waals surface area (Å²) in [7, 11) is 0. The third-order valence-electron chi connectivity index (χ3n) is 2.35. The van der Waals surface area contributed by atoms with Gasteiger partial charge in [0.05, 0.1) is 0 Å². The minimum atomic E-state index is -0.238. The van der Waals surface area contributed by atoms with E-state index in [2.05, 4.69) is 15.5 Å². The van der Waals surface area contributed by atoms with Crippen LogP contribution in [0.2, 0.25) is 0 Å². The Morgan fingerprint density at radius 2 is 1.88 bits per heavy atom. The first-order valence-corrected chi connectivity index (χ1v) is 5.24. The monoisotopic (exact) mass is 226 g/mol. The van der Waals surface area contributed by atoms with Gasteiger partial charge >= 0.3 is 0 Å². The number of hydrazone groups is 1. The highest BCUT2D eigenvalue weighted by molar-refractivity contribution is 6.01. The number of hydrogen-bond donors (Lipinski definition) is 1. The van der Waals surface area contributed by atoms with Gasteiger partial charge in [-0.05, 0) is 44.7 Å². The molecule has 1 aromatic heterocycles. The molecular weight excluding hydrogens is 214 g/mol. The van der Waals surface area contributed by atoms with Gasteiger partial charge in [0, 0.05) is 29.6 Å². The summed E-state index contributed by atoms with van der Waals surface area (Å²) in [5.74, 6) is 0.762. The lowest BCUT2D eigenvalue weighted by molar-refractivity contribution is 0.0954. The van der Waals surface area contributed by atoms with Gasteiger partial charge in [0.25, 0.3) is 5.91 Å². The van der Waals surface area contributed by atoms with E-state index in [-0.39, 0.29) is 5.91 Å². The van der Waals surface area contributed by atoms with Crippen LogP contribution < -0.4 is 5.43 Å². The Balaban J connectivity index is 1.93. The summed E-state index contributed by atoms with van der Waals surface area (Å²) in [6.07, 6.45) is 10.9. The SMILES string of the molecule is C/C(=N\NC(=O)c1ccncc1)[C]1[CH][CH][CH][CH]1. The summed E-state index contributed by atoms with van der Waals surface area (Å²) < 4.78 is 0. The molecule has 0 unspecified atom stereocenters. The number of rotatable bonds is 3. The van der Waals surface area contributed by atoms with E-state index >= 15 is 0 Å². The zero-order chi connectivity index (χ0) is 12.1. The molecule has 4 heteroatoms. The zero-order valence-corrected chi connectivity index (χ0v) is 9.42. The molecule has 0 atom stereocenters. The van der Waals surface area contributed by atoms with E-state index in [1.807, 2.05) is 32.6 Å². The normalized spacial score (nSPS) is 17.1.